The first kappa shape index (κ1) is 15.1. The van der Waals surface area contributed by atoms with Crippen molar-refractivity contribution in [1.82, 2.24) is 5.32 Å². The number of hydrogen-bond acceptors (Lipinski definition) is 3. The summed E-state index contributed by atoms with van der Waals surface area (Å²) >= 11 is 0. The molecule has 1 amide bonds. The molecule has 0 aliphatic heterocycles. The Labute approximate surface area is 114 Å². The van der Waals surface area contributed by atoms with Gasteiger partial charge in [0, 0.05) is 24.1 Å². The lowest BCUT2D eigenvalue weighted by atomic mass is 10.00. The average molecular weight is 260 g/mol. The van der Waals surface area contributed by atoms with Crippen LogP contribution in [0.5, 0.6) is 5.75 Å². The molecule has 0 aliphatic carbocycles. The van der Waals surface area contributed by atoms with Gasteiger partial charge in [-0.05, 0) is 19.9 Å². The van der Waals surface area contributed by atoms with Gasteiger partial charge >= 0.3 is 0 Å². The van der Waals surface area contributed by atoms with Crippen molar-refractivity contribution in [2.24, 2.45) is 5.73 Å². The number of rotatable bonds is 7. The maximum Gasteiger partial charge on any atom is 0.219 e. The van der Waals surface area contributed by atoms with Crippen LogP contribution in [0.3, 0.4) is 0 Å². The molecule has 0 aromatic heterocycles. The molecule has 1 aromatic rings. The van der Waals surface area contributed by atoms with E-state index in [0.29, 0.717) is 6.54 Å². The lowest BCUT2D eigenvalue weighted by molar-refractivity contribution is -0.119. The molecule has 0 atom stereocenters. The highest BCUT2D eigenvalue weighted by molar-refractivity contribution is 5.75. The van der Waals surface area contributed by atoms with Crippen molar-refractivity contribution in [3.63, 3.8) is 0 Å². The van der Waals surface area contributed by atoms with E-state index in [4.69, 9.17) is 16.9 Å². The van der Waals surface area contributed by atoms with Gasteiger partial charge in [0.1, 0.15) is 12.4 Å². The van der Waals surface area contributed by atoms with Crippen molar-refractivity contribution < 1.29 is 9.53 Å². The van der Waals surface area contributed by atoms with Crippen LogP contribution < -0.4 is 15.8 Å². The summed E-state index contributed by atoms with van der Waals surface area (Å²) in [5.41, 5.74) is 5.86. The fourth-order valence-electron chi connectivity index (χ4n) is 1.74. The molecule has 3 N–H and O–H groups in total. The standard InChI is InChI=1S/C15H20N2O2/c1-4-9-19-13-8-6-5-7-12(13)11-17-15(2,3)10-14(16)18/h1,5-8,17H,9-11H2,2-3H3,(H2,16,18). The van der Waals surface area contributed by atoms with Gasteiger partial charge in [-0.2, -0.15) is 0 Å². The van der Waals surface area contributed by atoms with Gasteiger partial charge in [0.2, 0.25) is 5.91 Å². The van der Waals surface area contributed by atoms with Crippen LogP contribution in [0.25, 0.3) is 0 Å². The smallest absolute Gasteiger partial charge is 0.219 e. The summed E-state index contributed by atoms with van der Waals surface area (Å²) in [5, 5.41) is 3.29. The van der Waals surface area contributed by atoms with E-state index in [-0.39, 0.29) is 24.5 Å². The van der Waals surface area contributed by atoms with Gasteiger partial charge in [-0.15, -0.1) is 6.42 Å². The molecule has 0 radical (unpaired) electrons. The Hall–Kier alpha value is -1.99. The Balaban J connectivity index is 2.67. The molecule has 0 saturated carbocycles. The topological polar surface area (TPSA) is 64.3 Å². The highest BCUT2D eigenvalue weighted by Crippen LogP contribution is 2.19. The number of nitrogens with one attached hydrogen (secondary N) is 1. The lowest BCUT2D eigenvalue weighted by Gasteiger charge is -2.25. The van der Waals surface area contributed by atoms with Gasteiger partial charge < -0.3 is 15.8 Å². The first-order valence-electron chi connectivity index (χ1n) is 6.12. The van der Waals surface area contributed by atoms with Crippen molar-refractivity contribution >= 4 is 5.91 Å². The first-order valence-corrected chi connectivity index (χ1v) is 6.12. The molecule has 19 heavy (non-hydrogen) atoms. The fraction of sp³-hybridized carbons (Fsp3) is 0.400. The molecule has 0 unspecified atom stereocenters. The van der Waals surface area contributed by atoms with Crippen molar-refractivity contribution in [3.05, 3.63) is 29.8 Å². The second-order valence-corrected chi connectivity index (χ2v) is 4.98. The SMILES string of the molecule is C#CCOc1ccccc1CNC(C)(C)CC(N)=O. The summed E-state index contributed by atoms with van der Waals surface area (Å²) in [4.78, 5) is 11.0. The predicted octanol–water partition coefficient (Wildman–Crippen LogP) is 1.44. The zero-order valence-corrected chi connectivity index (χ0v) is 11.4. The summed E-state index contributed by atoms with van der Waals surface area (Å²) in [6, 6.07) is 7.65. The van der Waals surface area contributed by atoms with E-state index < -0.39 is 0 Å². The van der Waals surface area contributed by atoms with Gasteiger partial charge in [0.15, 0.2) is 0 Å². The van der Waals surface area contributed by atoms with Crippen molar-refractivity contribution in [2.45, 2.75) is 32.4 Å². The molecular weight excluding hydrogens is 240 g/mol. The predicted molar refractivity (Wildman–Crippen MR) is 75.5 cm³/mol. The number of hydrogen-bond donors (Lipinski definition) is 2. The summed E-state index contributed by atoms with van der Waals surface area (Å²) in [7, 11) is 0. The second-order valence-electron chi connectivity index (χ2n) is 4.98. The van der Waals surface area contributed by atoms with Crippen LogP contribution >= 0.6 is 0 Å². The van der Waals surface area contributed by atoms with E-state index in [1.54, 1.807) is 0 Å². The Bertz CT molecular complexity index is 475. The minimum absolute atomic E-state index is 0.238. The van der Waals surface area contributed by atoms with Crippen LogP contribution in [-0.2, 0) is 11.3 Å². The van der Waals surface area contributed by atoms with E-state index >= 15 is 0 Å². The maximum atomic E-state index is 11.0. The van der Waals surface area contributed by atoms with Gasteiger partial charge in [0.25, 0.3) is 0 Å². The fourth-order valence-corrected chi connectivity index (χ4v) is 1.74. The molecule has 0 spiro atoms. The minimum atomic E-state index is -0.356. The zero-order chi connectivity index (χ0) is 14.3. The van der Waals surface area contributed by atoms with Crippen LogP contribution in [0.2, 0.25) is 0 Å². The number of carbonyl (C=O) groups excluding carboxylic acids is 1. The zero-order valence-electron chi connectivity index (χ0n) is 11.4. The molecule has 0 aliphatic rings. The van der Waals surface area contributed by atoms with Crippen molar-refractivity contribution in [2.75, 3.05) is 6.61 Å². The van der Waals surface area contributed by atoms with Crippen LogP contribution in [0.4, 0.5) is 0 Å². The number of primary amides is 1. The molecule has 0 fully saturated rings. The van der Waals surface area contributed by atoms with Crippen LogP contribution in [0.1, 0.15) is 25.8 Å². The monoisotopic (exact) mass is 260 g/mol. The summed E-state index contributed by atoms with van der Waals surface area (Å²) in [6.07, 6.45) is 5.46. The lowest BCUT2D eigenvalue weighted by Crippen LogP contribution is -2.42. The largest absolute Gasteiger partial charge is 0.481 e. The molecule has 0 heterocycles. The maximum absolute atomic E-state index is 11.0. The summed E-state index contributed by atoms with van der Waals surface area (Å²) < 4.78 is 5.46. The van der Waals surface area contributed by atoms with E-state index in [2.05, 4.69) is 11.2 Å². The van der Waals surface area contributed by atoms with Crippen LogP contribution in [0.15, 0.2) is 24.3 Å². The molecular formula is C15H20N2O2. The Kier molecular flexibility index (Phi) is 5.40. The van der Waals surface area contributed by atoms with Gasteiger partial charge in [-0.3, -0.25) is 4.79 Å². The van der Waals surface area contributed by atoms with E-state index in [1.165, 1.54) is 0 Å². The minimum Gasteiger partial charge on any atom is -0.481 e. The normalized spacial score (nSPS) is 10.8. The number of nitrogens with two attached hydrogens (primary N) is 1. The third-order valence-corrected chi connectivity index (χ3v) is 2.66. The Morgan fingerprint density at radius 2 is 2.16 bits per heavy atom. The average Bonchev–Trinajstić information content (AvgIpc) is 2.33. The molecule has 4 nitrogen and oxygen atoms in total. The van der Waals surface area contributed by atoms with Crippen LogP contribution in [-0.4, -0.2) is 18.1 Å². The third-order valence-electron chi connectivity index (χ3n) is 2.66. The van der Waals surface area contributed by atoms with Crippen LogP contribution in [0, 0.1) is 12.3 Å². The van der Waals surface area contributed by atoms with Crippen molar-refractivity contribution in [1.29, 1.82) is 0 Å². The number of benzene rings is 1. The molecule has 102 valence electrons. The number of amides is 1. The molecule has 1 rings (SSSR count). The molecule has 4 heteroatoms. The Morgan fingerprint density at radius 3 is 2.79 bits per heavy atom. The van der Waals surface area contributed by atoms with E-state index in [1.807, 2.05) is 38.1 Å². The number of para-hydroxylation sites is 1. The number of carbonyl (C=O) groups is 1. The summed E-state index contributed by atoms with van der Waals surface area (Å²) in [6.45, 7) is 4.69. The molecule has 1 aromatic carbocycles. The summed E-state index contributed by atoms with van der Waals surface area (Å²) in [5.74, 6) is 2.87. The Morgan fingerprint density at radius 1 is 1.47 bits per heavy atom. The third kappa shape index (κ3) is 5.45. The highest BCUT2D eigenvalue weighted by Gasteiger charge is 2.20. The van der Waals surface area contributed by atoms with Gasteiger partial charge in [-0.25, -0.2) is 0 Å². The van der Waals surface area contributed by atoms with E-state index in [0.717, 1.165) is 11.3 Å². The second kappa shape index (κ2) is 6.81. The van der Waals surface area contributed by atoms with Gasteiger partial charge in [-0.1, -0.05) is 24.1 Å². The molecule has 0 saturated heterocycles. The first-order chi connectivity index (χ1) is 8.94. The highest BCUT2D eigenvalue weighted by atomic mass is 16.5. The number of ether oxygens (including phenoxy) is 1. The van der Waals surface area contributed by atoms with Crippen molar-refractivity contribution in [3.8, 4) is 18.1 Å². The van der Waals surface area contributed by atoms with E-state index in [9.17, 15) is 4.79 Å². The van der Waals surface area contributed by atoms with Gasteiger partial charge in [0.05, 0.1) is 0 Å². The number of terminal acetylenes is 1. The quantitative estimate of drug-likeness (QED) is 0.729. The molecule has 0 bridgehead atoms.